The van der Waals surface area contributed by atoms with Gasteiger partial charge in [-0.1, -0.05) is 6.92 Å². The monoisotopic (exact) mass is 291 g/mol. The van der Waals surface area contributed by atoms with Crippen molar-refractivity contribution in [3.05, 3.63) is 29.6 Å². The van der Waals surface area contributed by atoms with Gasteiger partial charge in [0.25, 0.3) is 5.91 Å². The summed E-state index contributed by atoms with van der Waals surface area (Å²) in [5.41, 5.74) is 1.53. The number of likely N-dealkylation sites (tertiary alicyclic amines) is 1. The van der Waals surface area contributed by atoms with E-state index < -0.39 is 0 Å². The Morgan fingerprint density at radius 1 is 1.43 bits per heavy atom. The first kappa shape index (κ1) is 15.9. The van der Waals surface area contributed by atoms with E-state index in [-0.39, 0.29) is 18.4 Å². The van der Waals surface area contributed by atoms with Crippen molar-refractivity contribution < 1.29 is 9.90 Å². The van der Waals surface area contributed by atoms with Crippen LogP contribution in [0.25, 0.3) is 0 Å². The maximum atomic E-state index is 12.5. The van der Waals surface area contributed by atoms with Crippen LogP contribution in [0, 0.1) is 18.8 Å². The first-order valence-electron chi connectivity index (χ1n) is 7.56. The van der Waals surface area contributed by atoms with E-state index in [0.717, 1.165) is 18.8 Å². The number of carbonyl (C=O) groups is 1. The quantitative estimate of drug-likeness (QED) is 0.880. The summed E-state index contributed by atoms with van der Waals surface area (Å²) >= 11 is 0. The van der Waals surface area contributed by atoms with E-state index >= 15 is 0 Å². The highest BCUT2D eigenvalue weighted by Gasteiger charge is 2.35. The number of aliphatic hydroxyl groups is 1. The number of pyridine rings is 1. The zero-order valence-electron chi connectivity index (χ0n) is 13.1. The predicted octanol–water partition coefficient (Wildman–Crippen LogP) is 1.02. The maximum absolute atomic E-state index is 12.5. The van der Waals surface area contributed by atoms with Gasteiger partial charge in [0.05, 0.1) is 5.56 Å². The highest BCUT2D eigenvalue weighted by Crippen LogP contribution is 2.25. The van der Waals surface area contributed by atoms with Gasteiger partial charge in [-0.15, -0.1) is 0 Å². The summed E-state index contributed by atoms with van der Waals surface area (Å²) in [6, 6.07) is 3.68. The van der Waals surface area contributed by atoms with E-state index in [2.05, 4.69) is 23.9 Å². The van der Waals surface area contributed by atoms with Crippen molar-refractivity contribution in [3.63, 3.8) is 0 Å². The average molecular weight is 291 g/mol. The molecule has 5 heteroatoms. The summed E-state index contributed by atoms with van der Waals surface area (Å²) in [7, 11) is 2.07. The Morgan fingerprint density at radius 2 is 2.14 bits per heavy atom. The molecule has 1 aliphatic rings. The molecule has 0 bridgehead atoms. The molecule has 0 radical (unpaired) electrons. The molecule has 21 heavy (non-hydrogen) atoms. The molecule has 1 fully saturated rings. The zero-order chi connectivity index (χ0) is 15.4. The summed E-state index contributed by atoms with van der Waals surface area (Å²) in [5.74, 6) is 0.520. The van der Waals surface area contributed by atoms with Crippen LogP contribution in [-0.4, -0.2) is 65.6 Å². The minimum absolute atomic E-state index is 0.0163. The number of hydrogen-bond acceptors (Lipinski definition) is 4. The fraction of sp³-hybridized carbons (Fsp3) is 0.625. The van der Waals surface area contributed by atoms with Gasteiger partial charge in [0, 0.05) is 44.0 Å². The van der Waals surface area contributed by atoms with Crippen molar-refractivity contribution in [2.75, 3.05) is 39.8 Å². The SMILES string of the molecule is CCN(C)C[C@@H]1CN(C(=O)c2ccc(C)nc2)C[C@@H]1CO. The first-order valence-corrected chi connectivity index (χ1v) is 7.56. The summed E-state index contributed by atoms with van der Waals surface area (Å²) in [6.07, 6.45) is 1.64. The molecule has 116 valence electrons. The van der Waals surface area contributed by atoms with Crippen LogP contribution in [0.3, 0.4) is 0 Å². The molecule has 0 aliphatic carbocycles. The molecular weight excluding hydrogens is 266 g/mol. The highest BCUT2D eigenvalue weighted by atomic mass is 16.3. The molecule has 2 atom stereocenters. The minimum atomic E-state index is 0.0163. The number of aryl methyl sites for hydroxylation is 1. The fourth-order valence-electron chi connectivity index (χ4n) is 2.82. The van der Waals surface area contributed by atoms with E-state index in [1.807, 2.05) is 24.0 Å². The summed E-state index contributed by atoms with van der Waals surface area (Å²) in [6.45, 7) is 7.39. The van der Waals surface area contributed by atoms with E-state index in [4.69, 9.17) is 0 Å². The predicted molar refractivity (Wildman–Crippen MR) is 82.1 cm³/mol. The number of hydrogen-bond donors (Lipinski definition) is 1. The molecule has 1 aromatic rings. The molecule has 0 saturated carbocycles. The highest BCUT2D eigenvalue weighted by molar-refractivity contribution is 5.94. The van der Waals surface area contributed by atoms with Crippen molar-refractivity contribution in [2.24, 2.45) is 11.8 Å². The van der Waals surface area contributed by atoms with Gasteiger partial charge in [-0.05, 0) is 38.6 Å². The molecule has 0 aromatic carbocycles. The molecule has 1 aliphatic heterocycles. The van der Waals surface area contributed by atoms with Crippen LogP contribution in [0.5, 0.6) is 0 Å². The lowest BCUT2D eigenvalue weighted by Crippen LogP contribution is -2.32. The molecule has 1 N–H and O–H groups in total. The zero-order valence-corrected chi connectivity index (χ0v) is 13.1. The first-order chi connectivity index (χ1) is 10.0. The third-order valence-corrected chi connectivity index (χ3v) is 4.34. The third kappa shape index (κ3) is 3.80. The fourth-order valence-corrected chi connectivity index (χ4v) is 2.82. The van der Waals surface area contributed by atoms with Crippen molar-refractivity contribution in [2.45, 2.75) is 13.8 Å². The summed E-state index contributed by atoms with van der Waals surface area (Å²) in [4.78, 5) is 20.8. The third-order valence-electron chi connectivity index (χ3n) is 4.34. The Kier molecular flexibility index (Phi) is 5.31. The lowest BCUT2D eigenvalue weighted by atomic mass is 9.96. The van der Waals surface area contributed by atoms with Crippen LogP contribution in [0.4, 0.5) is 0 Å². The molecule has 1 saturated heterocycles. The topological polar surface area (TPSA) is 56.7 Å². The van der Waals surface area contributed by atoms with Crippen molar-refractivity contribution in [1.29, 1.82) is 0 Å². The van der Waals surface area contributed by atoms with Crippen molar-refractivity contribution in [3.8, 4) is 0 Å². The van der Waals surface area contributed by atoms with Crippen LogP contribution in [0.15, 0.2) is 18.3 Å². The Balaban J connectivity index is 2.04. The molecule has 0 spiro atoms. The van der Waals surface area contributed by atoms with Gasteiger partial charge >= 0.3 is 0 Å². The smallest absolute Gasteiger partial charge is 0.255 e. The Labute approximate surface area is 126 Å². The number of nitrogens with zero attached hydrogens (tertiary/aromatic N) is 3. The largest absolute Gasteiger partial charge is 0.396 e. The van der Waals surface area contributed by atoms with Crippen LogP contribution >= 0.6 is 0 Å². The molecular formula is C16H25N3O2. The maximum Gasteiger partial charge on any atom is 0.255 e. The minimum Gasteiger partial charge on any atom is -0.396 e. The Morgan fingerprint density at radius 3 is 2.71 bits per heavy atom. The molecule has 1 amide bonds. The summed E-state index contributed by atoms with van der Waals surface area (Å²) in [5, 5.41) is 9.56. The Hall–Kier alpha value is -1.46. The molecule has 0 unspecified atom stereocenters. The number of aliphatic hydroxyl groups excluding tert-OH is 1. The normalized spacial score (nSPS) is 22.0. The number of carbonyl (C=O) groups excluding carboxylic acids is 1. The number of rotatable bonds is 5. The lowest BCUT2D eigenvalue weighted by Gasteiger charge is -2.22. The summed E-state index contributed by atoms with van der Waals surface area (Å²) < 4.78 is 0. The average Bonchev–Trinajstić information content (AvgIpc) is 2.90. The van der Waals surface area contributed by atoms with Gasteiger partial charge in [0.15, 0.2) is 0 Å². The molecule has 2 heterocycles. The second kappa shape index (κ2) is 7.00. The van der Waals surface area contributed by atoms with Crippen molar-refractivity contribution >= 4 is 5.91 Å². The van der Waals surface area contributed by atoms with Crippen LogP contribution < -0.4 is 0 Å². The number of aromatic nitrogens is 1. The van der Waals surface area contributed by atoms with Gasteiger partial charge in [-0.2, -0.15) is 0 Å². The van der Waals surface area contributed by atoms with Gasteiger partial charge < -0.3 is 14.9 Å². The lowest BCUT2D eigenvalue weighted by molar-refractivity contribution is 0.0779. The van der Waals surface area contributed by atoms with E-state index in [0.29, 0.717) is 24.6 Å². The van der Waals surface area contributed by atoms with Crippen molar-refractivity contribution in [1.82, 2.24) is 14.8 Å². The second-order valence-corrected chi connectivity index (χ2v) is 5.96. The molecule has 2 rings (SSSR count). The van der Waals surface area contributed by atoms with E-state index in [1.54, 1.807) is 6.20 Å². The second-order valence-electron chi connectivity index (χ2n) is 5.96. The van der Waals surface area contributed by atoms with E-state index in [1.165, 1.54) is 0 Å². The molecule has 1 aromatic heterocycles. The standard InChI is InChI=1S/C16H25N3O2/c1-4-18(3)8-14-9-19(10-15(14)11-20)16(21)13-6-5-12(2)17-7-13/h5-7,14-15,20H,4,8-11H2,1-3H3/t14-,15-/m1/s1. The number of amides is 1. The molecule has 5 nitrogen and oxygen atoms in total. The Bertz CT molecular complexity index is 475. The van der Waals surface area contributed by atoms with Gasteiger partial charge in [0.1, 0.15) is 0 Å². The van der Waals surface area contributed by atoms with Crippen LogP contribution in [0.1, 0.15) is 23.0 Å². The van der Waals surface area contributed by atoms with Crippen LogP contribution in [0.2, 0.25) is 0 Å². The van der Waals surface area contributed by atoms with Gasteiger partial charge in [0.2, 0.25) is 0 Å². The van der Waals surface area contributed by atoms with E-state index in [9.17, 15) is 9.90 Å². The van der Waals surface area contributed by atoms with Gasteiger partial charge in [-0.25, -0.2) is 0 Å². The van der Waals surface area contributed by atoms with Crippen LogP contribution in [-0.2, 0) is 0 Å². The van der Waals surface area contributed by atoms with Gasteiger partial charge in [-0.3, -0.25) is 9.78 Å².